The molecule has 0 saturated carbocycles. The van der Waals surface area contributed by atoms with E-state index in [1.807, 2.05) is 0 Å². The molecule has 0 fully saturated rings. The quantitative estimate of drug-likeness (QED) is 0.642. The minimum Gasteiger partial charge on any atom is -0.493 e. The Morgan fingerprint density at radius 1 is 0.944 bits per heavy atom. The Morgan fingerprint density at radius 3 is 2.17 bits per heavy atom. The minimum atomic E-state index is 0.0572. The zero-order valence-electron chi connectivity index (χ0n) is 9.95. The average molecular weight is 289 g/mol. The number of nitrogens with zero attached hydrogens (tertiary/aromatic N) is 2. The van der Waals surface area contributed by atoms with Gasteiger partial charge in [0.2, 0.25) is 11.0 Å². The molecule has 0 bridgehead atoms. The van der Waals surface area contributed by atoms with Gasteiger partial charge in [0.1, 0.15) is 5.15 Å². The highest BCUT2D eigenvalue weighted by Crippen LogP contribution is 2.44. The van der Waals surface area contributed by atoms with E-state index in [1.165, 1.54) is 21.3 Å². The van der Waals surface area contributed by atoms with E-state index in [4.69, 9.17) is 37.4 Å². The molecule has 0 aliphatic heterocycles. The van der Waals surface area contributed by atoms with Crippen molar-refractivity contribution in [2.24, 2.45) is 0 Å². The second-order valence-electron chi connectivity index (χ2n) is 3.32. The zero-order valence-corrected chi connectivity index (χ0v) is 11.5. The molecule has 0 aliphatic rings. The molecule has 1 aromatic carbocycles. The van der Waals surface area contributed by atoms with Crippen LogP contribution in [0.15, 0.2) is 6.07 Å². The summed E-state index contributed by atoms with van der Waals surface area (Å²) < 4.78 is 15.8. The second kappa shape index (κ2) is 5.04. The molecular weight excluding hydrogens is 279 g/mol. The molecule has 0 aliphatic carbocycles. The average Bonchev–Trinajstić information content (AvgIpc) is 2.35. The molecule has 0 radical (unpaired) electrons. The monoisotopic (exact) mass is 288 g/mol. The molecule has 0 saturated heterocycles. The van der Waals surface area contributed by atoms with Gasteiger partial charge < -0.3 is 14.2 Å². The first-order valence-corrected chi connectivity index (χ1v) is 5.69. The molecule has 1 heterocycles. The first-order valence-electron chi connectivity index (χ1n) is 4.94. The summed E-state index contributed by atoms with van der Waals surface area (Å²) in [4.78, 5) is 7.97. The van der Waals surface area contributed by atoms with Gasteiger partial charge >= 0.3 is 0 Å². The summed E-state index contributed by atoms with van der Waals surface area (Å²) in [6.07, 6.45) is 0. The fourth-order valence-electron chi connectivity index (χ4n) is 1.69. The van der Waals surface area contributed by atoms with Crippen molar-refractivity contribution < 1.29 is 14.2 Å². The van der Waals surface area contributed by atoms with Crippen molar-refractivity contribution in [2.45, 2.75) is 0 Å². The van der Waals surface area contributed by atoms with Crippen molar-refractivity contribution in [3.63, 3.8) is 0 Å². The summed E-state index contributed by atoms with van der Waals surface area (Å²) >= 11 is 11.8. The van der Waals surface area contributed by atoms with Crippen LogP contribution in [0.2, 0.25) is 10.4 Å². The highest BCUT2D eigenvalue weighted by Gasteiger charge is 2.20. The lowest BCUT2D eigenvalue weighted by atomic mass is 10.2. The van der Waals surface area contributed by atoms with Gasteiger partial charge in [-0.05, 0) is 11.6 Å². The van der Waals surface area contributed by atoms with E-state index in [0.717, 1.165) is 0 Å². The Hall–Kier alpha value is -1.46. The summed E-state index contributed by atoms with van der Waals surface area (Å²) in [6, 6.07) is 1.66. The molecule has 2 aromatic rings. The van der Waals surface area contributed by atoms with Gasteiger partial charge in [0.15, 0.2) is 11.5 Å². The Bertz CT molecular complexity index is 605. The zero-order chi connectivity index (χ0) is 13.3. The van der Waals surface area contributed by atoms with Gasteiger partial charge in [0.25, 0.3) is 0 Å². The molecular formula is C11H10Cl2N2O3. The van der Waals surface area contributed by atoms with Crippen LogP contribution in [0, 0.1) is 0 Å². The van der Waals surface area contributed by atoms with E-state index >= 15 is 0 Å². The number of ether oxygens (including phenoxy) is 3. The Balaban J connectivity index is 2.92. The standard InChI is InChI=1S/C11H10Cl2N2O3/c1-16-6-4-5-7(9(18-3)8(6)17-2)10(12)15-11(13)14-5/h4H,1-3H3. The summed E-state index contributed by atoms with van der Waals surface area (Å²) in [5, 5.41) is 0.783. The van der Waals surface area contributed by atoms with Crippen LogP contribution in [-0.2, 0) is 0 Å². The number of halogens is 2. The third kappa shape index (κ3) is 2.00. The Labute approximate surface area is 114 Å². The molecule has 2 rings (SSSR count). The predicted octanol–water partition coefficient (Wildman–Crippen LogP) is 2.96. The van der Waals surface area contributed by atoms with E-state index < -0.39 is 0 Å². The first-order chi connectivity index (χ1) is 8.62. The summed E-state index contributed by atoms with van der Waals surface area (Å²) in [5.41, 5.74) is 0.523. The lowest BCUT2D eigenvalue weighted by molar-refractivity contribution is 0.327. The summed E-state index contributed by atoms with van der Waals surface area (Å²) in [5.74, 6) is 1.32. The molecule has 5 nitrogen and oxygen atoms in total. The lowest BCUT2D eigenvalue weighted by Crippen LogP contribution is -1.98. The SMILES string of the molecule is COc1cc2nc(Cl)nc(Cl)c2c(OC)c1OC. The van der Waals surface area contributed by atoms with Crippen molar-refractivity contribution in [2.75, 3.05) is 21.3 Å². The molecule has 18 heavy (non-hydrogen) atoms. The third-order valence-corrected chi connectivity index (χ3v) is 2.86. The van der Waals surface area contributed by atoms with Gasteiger partial charge in [-0.25, -0.2) is 9.97 Å². The van der Waals surface area contributed by atoms with Crippen LogP contribution in [-0.4, -0.2) is 31.3 Å². The van der Waals surface area contributed by atoms with Crippen LogP contribution in [0.1, 0.15) is 0 Å². The largest absolute Gasteiger partial charge is 0.493 e. The first kappa shape index (κ1) is 13.0. The summed E-state index contributed by atoms with van der Waals surface area (Å²) in [7, 11) is 4.53. The Kier molecular flexibility index (Phi) is 3.63. The predicted molar refractivity (Wildman–Crippen MR) is 69.2 cm³/mol. The maximum atomic E-state index is 6.06. The number of benzene rings is 1. The van der Waals surface area contributed by atoms with E-state index in [0.29, 0.717) is 28.2 Å². The molecule has 0 amide bonds. The molecule has 96 valence electrons. The van der Waals surface area contributed by atoms with Crippen LogP contribution in [0.4, 0.5) is 0 Å². The molecule has 7 heteroatoms. The van der Waals surface area contributed by atoms with E-state index in [2.05, 4.69) is 9.97 Å². The van der Waals surface area contributed by atoms with Crippen molar-refractivity contribution in [3.8, 4) is 17.2 Å². The van der Waals surface area contributed by atoms with Crippen molar-refractivity contribution in [1.82, 2.24) is 9.97 Å². The topological polar surface area (TPSA) is 53.5 Å². The van der Waals surface area contributed by atoms with Crippen molar-refractivity contribution in [1.29, 1.82) is 0 Å². The third-order valence-electron chi connectivity index (χ3n) is 2.42. The fraction of sp³-hybridized carbons (Fsp3) is 0.273. The number of rotatable bonds is 3. The van der Waals surface area contributed by atoms with E-state index in [-0.39, 0.29) is 10.4 Å². The number of hydrogen-bond donors (Lipinski definition) is 0. The highest BCUT2D eigenvalue weighted by molar-refractivity contribution is 6.36. The minimum absolute atomic E-state index is 0.0572. The van der Waals surface area contributed by atoms with Gasteiger partial charge in [-0.15, -0.1) is 0 Å². The van der Waals surface area contributed by atoms with E-state index in [1.54, 1.807) is 6.07 Å². The Morgan fingerprint density at radius 2 is 1.61 bits per heavy atom. The van der Waals surface area contributed by atoms with Gasteiger partial charge in [0.05, 0.1) is 32.2 Å². The highest BCUT2D eigenvalue weighted by atomic mass is 35.5. The van der Waals surface area contributed by atoms with Gasteiger partial charge in [-0.2, -0.15) is 0 Å². The molecule has 1 aromatic heterocycles. The van der Waals surface area contributed by atoms with Crippen LogP contribution in [0.3, 0.4) is 0 Å². The van der Waals surface area contributed by atoms with Crippen LogP contribution in [0.5, 0.6) is 17.2 Å². The molecule has 0 unspecified atom stereocenters. The second-order valence-corrected chi connectivity index (χ2v) is 4.02. The van der Waals surface area contributed by atoms with Crippen LogP contribution < -0.4 is 14.2 Å². The van der Waals surface area contributed by atoms with E-state index in [9.17, 15) is 0 Å². The molecule has 0 N–H and O–H groups in total. The van der Waals surface area contributed by atoms with Gasteiger partial charge in [0, 0.05) is 6.07 Å². The number of fused-ring (bicyclic) bond motifs is 1. The van der Waals surface area contributed by atoms with Gasteiger partial charge in [-0.1, -0.05) is 11.6 Å². The molecule has 0 atom stereocenters. The summed E-state index contributed by atoms with van der Waals surface area (Å²) in [6.45, 7) is 0. The number of aromatic nitrogens is 2. The van der Waals surface area contributed by atoms with Crippen LogP contribution >= 0.6 is 23.2 Å². The maximum absolute atomic E-state index is 6.06. The molecule has 0 spiro atoms. The normalized spacial score (nSPS) is 10.5. The van der Waals surface area contributed by atoms with Gasteiger partial charge in [-0.3, -0.25) is 0 Å². The van der Waals surface area contributed by atoms with Crippen molar-refractivity contribution in [3.05, 3.63) is 16.5 Å². The van der Waals surface area contributed by atoms with Crippen LogP contribution in [0.25, 0.3) is 10.9 Å². The number of hydrogen-bond acceptors (Lipinski definition) is 5. The van der Waals surface area contributed by atoms with Crippen molar-refractivity contribution >= 4 is 34.1 Å². The number of methoxy groups -OCH3 is 3. The smallest absolute Gasteiger partial charge is 0.224 e. The maximum Gasteiger partial charge on any atom is 0.224 e. The lowest BCUT2D eigenvalue weighted by Gasteiger charge is -2.14. The fourth-order valence-corrected chi connectivity index (χ4v) is 2.17.